The van der Waals surface area contributed by atoms with Crippen molar-refractivity contribution >= 4 is 6.03 Å². The minimum absolute atomic E-state index is 0.533. The van der Waals surface area contributed by atoms with Crippen LogP contribution in [0.15, 0.2) is 48.5 Å². The van der Waals surface area contributed by atoms with Gasteiger partial charge in [-0.1, -0.05) is 59.7 Å². The Morgan fingerprint density at radius 3 is 2.20 bits per heavy atom. The van der Waals surface area contributed by atoms with Gasteiger partial charge in [0.2, 0.25) is 0 Å². The maximum Gasteiger partial charge on any atom is 0.313 e. The number of rotatable bonds is 3. The van der Waals surface area contributed by atoms with Crippen molar-refractivity contribution in [2.75, 3.05) is 0 Å². The highest BCUT2D eigenvalue weighted by Crippen LogP contribution is 2.30. The summed E-state index contributed by atoms with van der Waals surface area (Å²) < 4.78 is 0. The summed E-state index contributed by atoms with van der Waals surface area (Å²) >= 11 is 0. The van der Waals surface area contributed by atoms with Crippen LogP contribution in [0.1, 0.15) is 29.2 Å². The summed E-state index contributed by atoms with van der Waals surface area (Å²) in [6.45, 7) is 6.04. The van der Waals surface area contributed by atoms with Gasteiger partial charge in [-0.2, -0.15) is 0 Å². The normalized spacial score (nSPS) is 13.6. The molecule has 0 aliphatic rings. The van der Waals surface area contributed by atoms with Gasteiger partial charge in [-0.3, -0.25) is 0 Å². The van der Waals surface area contributed by atoms with Crippen molar-refractivity contribution in [1.82, 2.24) is 5.32 Å². The van der Waals surface area contributed by atoms with Crippen LogP contribution < -0.4 is 11.1 Å². The quantitative estimate of drug-likeness (QED) is 0.882. The number of primary amides is 1. The molecule has 2 amide bonds. The highest BCUT2D eigenvalue weighted by atomic mass is 16.2. The Bertz CT molecular complexity index is 619. The second-order valence-electron chi connectivity index (χ2n) is 5.35. The van der Waals surface area contributed by atoms with Crippen LogP contribution >= 0.6 is 0 Å². The number of carbonyl (C=O) groups is 1. The van der Waals surface area contributed by atoms with Gasteiger partial charge in [0.05, 0.1) is 5.54 Å². The Hall–Kier alpha value is -2.29. The Labute approximate surface area is 119 Å². The number of urea groups is 1. The van der Waals surface area contributed by atoms with Crippen molar-refractivity contribution in [3.63, 3.8) is 0 Å². The minimum atomic E-state index is -0.633. The van der Waals surface area contributed by atoms with E-state index in [4.69, 9.17) is 5.73 Å². The molecule has 0 saturated carbocycles. The summed E-state index contributed by atoms with van der Waals surface area (Å²) in [6.07, 6.45) is 0. The molecule has 0 spiro atoms. The predicted octanol–water partition coefficient (Wildman–Crippen LogP) is 3.24. The molecule has 0 radical (unpaired) electrons. The number of carbonyl (C=O) groups excluding carboxylic acids is 1. The average molecular weight is 268 g/mol. The standard InChI is InChI=1S/C17H20N2O/c1-12-7-9-14(10-8-12)17(3,19-16(18)20)15-6-4-5-13(2)11-15/h4-11H,1-3H3,(H3,18,19,20). The van der Waals surface area contributed by atoms with E-state index in [2.05, 4.69) is 11.4 Å². The molecule has 0 saturated heterocycles. The number of aryl methyl sites for hydroxylation is 2. The molecule has 0 aromatic heterocycles. The van der Waals surface area contributed by atoms with E-state index in [9.17, 15) is 4.79 Å². The molecule has 3 N–H and O–H groups in total. The van der Waals surface area contributed by atoms with Gasteiger partial charge in [-0.05, 0) is 31.9 Å². The van der Waals surface area contributed by atoms with Crippen LogP contribution in [0.2, 0.25) is 0 Å². The molecule has 0 fully saturated rings. The van der Waals surface area contributed by atoms with Crippen molar-refractivity contribution in [1.29, 1.82) is 0 Å². The van der Waals surface area contributed by atoms with E-state index in [0.717, 1.165) is 16.7 Å². The molecule has 0 bridgehead atoms. The summed E-state index contributed by atoms with van der Waals surface area (Å²) in [5, 5.41) is 2.87. The summed E-state index contributed by atoms with van der Waals surface area (Å²) in [7, 11) is 0. The highest BCUT2D eigenvalue weighted by molar-refractivity contribution is 5.74. The van der Waals surface area contributed by atoms with Crippen LogP contribution in [0.25, 0.3) is 0 Å². The molecule has 0 aliphatic carbocycles. The van der Waals surface area contributed by atoms with E-state index >= 15 is 0 Å². The largest absolute Gasteiger partial charge is 0.352 e. The summed E-state index contributed by atoms with van der Waals surface area (Å²) in [4.78, 5) is 11.4. The van der Waals surface area contributed by atoms with E-state index in [1.807, 2.05) is 63.2 Å². The van der Waals surface area contributed by atoms with Crippen molar-refractivity contribution < 1.29 is 4.79 Å². The molecule has 3 heteroatoms. The fourth-order valence-electron chi connectivity index (χ4n) is 2.40. The van der Waals surface area contributed by atoms with Crippen LogP contribution in [0, 0.1) is 13.8 Å². The lowest BCUT2D eigenvalue weighted by molar-refractivity contribution is 0.240. The maximum absolute atomic E-state index is 11.4. The summed E-state index contributed by atoms with van der Waals surface area (Å²) in [5.74, 6) is 0. The zero-order chi connectivity index (χ0) is 14.8. The first-order valence-electron chi connectivity index (χ1n) is 6.64. The van der Waals surface area contributed by atoms with Gasteiger partial charge in [0.1, 0.15) is 0 Å². The summed E-state index contributed by atoms with van der Waals surface area (Å²) in [5.41, 5.74) is 9.08. The number of benzene rings is 2. The first-order valence-corrected chi connectivity index (χ1v) is 6.64. The molecule has 0 heterocycles. The van der Waals surface area contributed by atoms with E-state index < -0.39 is 11.6 Å². The number of nitrogens with two attached hydrogens (primary N) is 1. The van der Waals surface area contributed by atoms with E-state index in [1.165, 1.54) is 5.56 Å². The van der Waals surface area contributed by atoms with E-state index in [-0.39, 0.29) is 0 Å². The molecule has 3 nitrogen and oxygen atoms in total. The monoisotopic (exact) mass is 268 g/mol. The number of hydrogen-bond acceptors (Lipinski definition) is 1. The lowest BCUT2D eigenvalue weighted by Crippen LogP contribution is -2.47. The zero-order valence-corrected chi connectivity index (χ0v) is 12.1. The minimum Gasteiger partial charge on any atom is -0.352 e. The Morgan fingerprint density at radius 2 is 1.65 bits per heavy atom. The molecule has 1 unspecified atom stereocenters. The Morgan fingerprint density at radius 1 is 1.00 bits per heavy atom. The molecule has 2 aromatic carbocycles. The van der Waals surface area contributed by atoms with Gasteiger partial charge in [0, 0.05) is 0 Å². The van der Waals surface area contributed by atoms with Crippen LogP contribution in [-0.2, 0) is 5.54 Å². The highest BCUT2D eigenvalue weighted by Gasteiger charge is 2.30. The topological polar surface area (TPSA) is 55.1 Å². The van der Waals surface area contributed by atoms with Gasteiger partial charge in [-0.15, -0.1) is 0 Å². The molecule has 2 rings (SSSR count). The van der Waals surface area contributed by atoms with Gasteiger partial charge in [0.15, 0.2) is 0 Å². The smallest absolute Gasteiger partial charge is 0.313 e. The van der Waals surface area contributed by atoms with Crippen LogP contribution in [0.3, 0.4) is 0 Å². The third kappa shape index (κ3) is 2.82. The molecular formula is C17H20N2O. The molecule has 2 aromatic rings. The van der Waals surface area contributed by atoms with Crippen LogP contribution in [-0.4, -0.2) is 6.03 Å². The molecule has 1 atom stereocenters. The third-order valence-electron chi connectivity index (χ3n) is 3.60. The second-order valence-corrected chi connectivity index (χ2v) is 5.35. The average Bonchev–Trinajstić information content (AvgIpc) is 2.38. The first kappa shape index (κ1) is 14.1. The van der Waals surface area contributed by atoms with Gasteiger partial charge in [-0.25, -0.2) is 4.79 Å². The van der Waals surface area contributed by atoms with E-state index in [0.29, 0.717) is 0 Å². The lowest BCUT2D eigenvalue weighted by Gasteiger charge is -2.31. The van der Waals surface area contributed by atoms with Gasteiger partial charge in [0.25, 0.3) is 0 Å². The van der Waals surface area contributed by atoms with Crippen LogP contribution in [0.4, 0.5) is 4.79 Å². The Balaban J connectivity index is 2.55. The van der Waals surface area contributed by atoms with Crippen molar-refractivity contribution in [2.45, 2.75) is 26.3 Å². The van der Waals surface area contributed by atoms with Gasteiger partial charge >= 0.3 is 6.03 Å². The maximum atomic E-state index is 11.4. The molecule has 20 heavy (non-hydrogen) atoms. The van der Waals surface area contributed by atoms with Crippen molar-refractivity contribution in [2.24, 2.45) is 5.73 Å². The fraction of sp³-hybridized carbons (Fsp3) is 0.235. The number of nitrogens with one attached hydrogen (secondary N) is 1. The fourth-order valence-corrected chi connectivity index (χ4v) is 2.40. The Kier molecular flexibility index (Phi) is 3.79. The molecule has 104 valence electrons. The number of amides is 2. The number of hydrogen-bond donors (Lipinski definition) is 2. The predicted molar refractivity (Wildman–Crippen MR) is 81.5 cm³/mol. The zero-order valence-electron chi connectivity index (χ0n) is 12.1. The van der Waals surface area contributed by atoms with E-state index in [1.54, 1.807) is 0 Å². The first-order chi connectivity index (χ1) is 9.41. The SMILES string of the molecule is Cc1ccc(C(C)(NC(N)=O)c2cccc(C)c2)cc1. The van der Waals surface area contributed by atoms with Crippen LogP contribution in [0.5, 0.6) is 0 Å². The third-order valence-corrected chi connectivity index (χ3v) is 3.60. The molecule has 0 aliphatic heterocycles. The van der Waals surface area contributed by atoms with Gasteiger partial charge < -0.3 is 11.1 Å². The second kappa shape index (κ2) is 5.37. The van der Waals surface area contributed by atoms with Crippen molar-refractivity contribution in [3.05, 3.63) is 70.8 Å². The van der Waals surface area contributed by atoms with Crippen molar-refractivity contribution in [3.8, 4) is 0 Å². The summed E-state index contributed by atoms with van der Waals surface area (Å²) in [6, 6.07) is 15.7. The molecular weight excluding hydrogens is 248 g/mol. The lowest BCUT2D eigenvalue weighted by atomic mass is 9.83.